The number of hydrogen-bond acceptors (Lipinski definition) is 4. The van der Waals surface area contributed by atoms with Crippen molar-refractivity contribution in [1.29, 1.82) is 0 Å². The van der Waals surface area contributed by atoms with Crippen LogP contribution in [0.1, 0.15) is 24.2 Å². The van der Waals surface area contributed by atoms with Crippen LogP contribution in [-0.4, -0.2) is 30.8 Å². The normalized spacial score (nSPS) is 11.9. The fraction of sp³-hybridized carbons (Fsp3) is 0.353. The van der Waals surface area contributed by atoms with Crippen molar-refractivity contribution in [1.82, 2.24) is 4.98 Å². The minimum atomic E-state index is -0.978. The fourth-order valence-electron chi connectivity index (χ4n) is 2.24. The molecule has 0 fully saturated rings. The van der Waals surface area contributed by atoms with Crippen LogP contribution in [0.15, 0.2) is 30.3 Å². The molecule has 1 aromatic heterocycles. The highest BCUT2D eigenvalue weighted by molar-refractivity contribution is 5.90. The molecule has 0 saturated heterocycles. The van der Waals surface area contributed by atoms with Crippen molar-refractivity contribution < 1.29 is 14.3 Å². The number of pyridine rings is 1. The number of para-hydroxylation sites is 1. The molecule has 1 heterocycles. The highest BCUT2D eigenvalue weighted by Gasteiger charge is 2.30. The van der Waals surface area contributed by atoms with Crippen molar-refractivity contribution in [3.05, 3.63) is 53.0 Å². The number of fused-ring (bicyclic) bond motifs is 1. The first-order valence-corrected chi connectivity index (χ1v) is 7.14. The second-order valence-corrected chi connectivity index (χ2v) is 4.77. The molecule has 0 spiro atoms. The maximum Gasteiger partial charge on any atom is 0.395 e. The molecule has 0 aliphatic heterocycles. The molecule has 2 rings (SSSR count). The van der Waals surface area contributed by atoms with E-state index >= 15 is 0 Å². The van der Waals surface area contributed by atoms with Crippen LogP contribution in [0.25, 0.3) is 15.7 Å². The second kappa shape index (κ2) is 7.53. The lowest BCUT2D eigenvalue weighted by molar-refractivity contribution is -0.145. The van der Waals surface area contributed by atoms with Gasteiger partial charge in [-0.15, -0.1) is 0 Å². The number of benzene rings is 1. The first-order chi connectivity index (χ1) is 10.7. The largest absolute Gasteiger partial charge is 0.457 e. The Morgan fingerprint density at radius 1 is 1.36 bits per heavy atom. The van der Waals surface area contributed by atoms with Crippen molar-refractivity contribution in [2.45, 2.75) is 19.9 Å². The van der Waals surface area contributed by atoms with Gasteiger partial charge in [0.1, 0.15) is 6.61 Å². The lowest BCUT2D eigenvalue weighted by atomic mass is 10.0. The monoisotopic (exact) mass is 298 g/mol. The van der Waals surface area contributed by atoms with Crippen LogP contribution in [-0.2, 0) is 14.3 Å². The topological polar surface area (TPSA) is 52.8 Å². The molecule has 0 saturated carbocycles. The Morgan fingerprint density at radius 2 is 2.14 bits per heavy atom. The number of carbonyl (C=O) groups excluding carboxylic acids is 1. The summed E-state index contributed by atoms with van der Waals surface area (Å²) in [5.41, 5.74) is 2.18. The molecule has 114 valence electrons. The van der Waals surface area contributed by atoms with Crippen molar-refractivity contribution in [3.8, 4) is 0 Å². The Hall–Kier alpha value is -2.45. The van der Waals surface area contributed by atoms with Gasteiger partial charge in [-0.25, -0.2) is 11.4 Å². The van der Waals surface area contributed by atoms with Gasteiger partial charge >= 0.3 is 12.0 Å². The average molecular weight is 298 g/mol. The van der Waals surface area contributed by atoms with Gasteiger partial charge < -0.3 is 9.47 Å². The lowest BCUT2D eigenvalue weighted by Gasteiger charge is -2.10. The molecule has 1 aromatic carbocycles. The number of rotatable bonds is 6. The van der Waals surface area contributed by atoms with Gasteiger partial charge in [0.2, 0.25) is 0 Å². The maximum absolute atomic E-state index is 12.2. The third kappa shape index (κ3) is 3.60. The standard InChI is InChI=1S/C17H18N2O3/c1-4-21-9-10-22-17(20)16(18-3)14-11-12(2)19-15-8-6-5-7-13(14)15/h5-8,11,16H,4,9-10H2,1-2H3. The number of nitrogens with zero attached hydrogens (tertiary/aromatic N) is 2. The van der Waals surface area contributed by atoms with Gasteiger partial charge in [-0.1, -0.05) is 18.2 Å². The third-order valence-corrected chi connectivity index (χ3v) is 3.20. The number of esters is 1. The Kier molecular flexibility index (Phi) is 5.45. The Labute approximate surface area is 129 Å². The lowest BCUT2D eigenvalue weighted by Crippen LogP contribution is -2.17. The van der Waals surface area contributed by atoms with E-state index < -0.39 is 12.0 Å². The Morgan fingerprint density at radius 3 is 2.86 bits per heavy atom. The van der Waals surface area contributed by atoms with E-state index in [9.17, 15) is 4.79 Å². The highest BCUT2D eigenvalue weighted by Crippen LogP contribution is 2.27. The smallest absolute Gasteiger partial charge is 0.395 e. The van der Waals surface area contributed by atoms with Crippen molar-refractivity contribution in [2.75, 3.05) is 19.8 Å². The number of hydrogen-bond donors (Lipinski definition) is 0. The summed E-state index contributed by atoms with van der Waals surface area (Å²) in [5, 5.41) is 0.802. The van der Waals surface area contributed by atoms with E-state index in [-0.39, 0.29) is 6.61 Å². The third-order valence-electron chi connectivity index (χ3n) is 3.20. The van der Waals surface area contributed by atoms with Crippen LogP contribution in [0.3, 0.4) is 0 Å². The molecule has 0 N–H and O–H groups in total. The molecule has 1 unspecified atom stereocenters. The Balaban J connectivity index is 2.28. The van der Waals surface area contributed by atoms with E-state index in [2.05, 4.69) is 9.83 Å². The van der Waals surface area contributed by atoms with Crippen LogP contribution in [0.5, 0.6) is 0 Å². The number of aromatic nitrogens is 1. The van der Waals surface area contributed by atoms with E-state index in [0.717, 1.165) is 16.6 Å². The minimum Gasteiger partial charge on any atom is -0.457 e. The molecule has 1 atom stereocenters. The Bertz CT molecular complexity index is 707. The zero-order valence-electron chi connectivity index (χ0n) is 12.7. The van der Waals surface area contributed by atoms with E-state index in [0.29, 0.717) is 18.8 Å². The molecule has 0 amide bonds. The molecule has 5 nitrogen and oxygen atoms in total. The predicted molar refractivity (Wildman–Crippen MR) is 83.3 cm³/mol. The van der Waals surface area contributed by atoms with Crippen LogP contribution in [0.2, 0.25) is 0 Å². The molecule has 5 heteroatoms. The van der Waals surface area contributed by atoms with Gasteiger partial charge in [0.15, 0.2) is 0 Å². The second-order valence-electron chi connectivity index (χ2n) is 4.77. The van der Waals surface area contributed by atoms with Crippen LogP contribution >= 0.6 is 0 Å². The summed E-state index contributed by atoms with van der Waals surface area (Å²) in [7, 11) is 0. The fourth-order valence-corrected chi connectivity index (χ4v) is 2.24. The van der Waals surface area contributed by atoms with Crippen LogP contribution in [0.4, 0.5) is 0 Å². The number of ether oxygens (including phenoxy) is 2. The zero-order valence-corrected chi connectivity index (χ0v) is 12.7. The molecule has 0 aliphatic rings. The maximum atomic E-state index is 12.2. The summed E-state index contributed by atoms with van der Waals surface area (Å²) >= 11 is 0. The molecule has 0 aliphatic carbocycles. The summed E-state index contributed by atoms with van der Waals surface area (Å²) in [6.07, 6.45) is 0. The van der Waals surface area contributed by atoms with Crippen molar-refractivity contribution in [3.63, 3.8) is 0 Å². The number of aryl methyl sites for hydroxylation is 1. The van der Waals surface area contributed by atoms with Crippen molar-refractivity contribution >= 4 is 16.9 Å². The number of carbonyl (C=O) groups is 1. The minimum absolute atomic E-state index is 0.153. The zero-order chi connectivity index (χ0) is 15.9. The SMILES string of the molecule is [C-]#[N+]C(C(=O)OCCOCC)c1cc(C)nc2ccccc12. The van der Waals surface area contributed by atoms with Gasteiger partial charge in [0.05, 0.1) is 17.7 Å². The highest BCUT2D eigenvalue weighted by atomic mass is 16.6. The molecular weight excluding hydrogens is 280 g/mol. The van der Waals surface area contributed by atoms with Crippen LogP contribution < -0.4 is 0 Å². The quantitative estimate of drug-likeness (QED) is 0.467. The molecule has 2 aromatic rings. The summed E-state index contributed by atoms with van der Waals surface area (Å²) in [6.45, 7) is 12.1. The van der Waals surface area contributed by atoms with E-state index in [1.165, 1.54) is 0 Å². The average Bonchev–Trinajstić information content (AvgIpc) is 2.52. The first-order valence-electron chi connectivity index (χ1n) is 7.14. The predicted octanol–water partition coefficient (Wildman–Crippen LogP) is 3.08. The van der Waals surface area contributed by atoms with Crippen molar-refractivity contribution in [2.24, 2.45) is 0 Å². The van der Waals surface area contributed by atoms with E-state index in [1.54, 1.807) is 6.07 Å². The van der Waals surface area contributed by atoms with Gasteiger partial charge in [-0.2, -0.15) is 0 Å². The molecule has 0 bridgehead atoms. The molecular formula is C17H18N2O3. The van der Waals surface area contributed by atoms with Gasteiger partial charge in [-0.3, -0.25) is 9.83 Å². The summed E-state index contributed by atoms with van der Waals surface area (Å²) in [4.78, 5) is 20.1. The van der Waals surface area contributed by atoms with Gasteiger partial charge in [-0.05, 0) is 26.0 Å². The van der Waals surface area contributed by atoms with E-state index in [1.807, 2.05) is 38.1 Å². The summed E-state index contributed by atoms with van der Waals surface area (Å²) in [6, 6.07) is 8.27. The van der Waals surface area contributed by atoms with E-state index in [4.69, 9.17) is 16.0 Å². The van der Waals surface area contributed by atoms with Crippen LogP contribution in [0, 0.1) is 13.5 Å². The summed E-state index contributed by atoms with van der Waals surface area (Å²) < 4.78 is 10.3. The van der Waals surface area contributed by atoms with Gasteiger partial charge in [0, 0.05) is 17.7 Å². The van der Waals surface area contributed by atoms with Gasteiger partial charge in [0.25, 0.3) is 0 Å². The first kappa shape index (κ1) is 15.9. The summed E-state index contributed by atoms with van der Waals surface area (Å²) in [5.74, 6) is -0.551. The molecule has 22 heavy (non-hydrogen) atoms. The molecule has 0 radical (unpaired) electrons.